The predicted molar refractivity (Wildman–Crippen MR) is 103 cm³/mol. The lowest BCUT2D eigenvalue weighted by Gasteiger charge is -2.16. The minimum Gasteiger partial charge on any atom is -0.325 e. The predicted octanol–water partition coefficient (Wildman–Crippen LogP) is 4.71. The second-order valence-electron chi connectivity index (χ2n) is 5.83. The molecule has 0 fully saturated rings. The number of aromatic amines is 1. The maximum atomic E-state index is 13.1. The number of carbonyl (C=O) groups excluding carboxylic acids is 1. The minimum atomic E-state index is -4.59. The number of alkyl halides is 3. The van der Waals surface area contributed by atoms with Gasteiger partial charge in [-0.3, -0.25) is 9.59 Å². The molecule has 10 heteroatoms. The Kier molecular flexibility index (Phi) is 5.66. The van der Waals surface area contributed by atoms with Crippen LogP contribution in [0.5, 0.6) is 0 Å². The largest absolute Gasteiger partial charge is 0.418 e. The van der Waals surface area contributed by atoms with E-state index < -0.39 is 28.5 Å². The van der Waals surface area contributed by atoms with Crippen LogP contribution in [0.2, 0.25) is 5.02 Å². The number of nitrogens with zero attached hydrogens (tertiary/aromatic N) is 1. The van der Waals surface area contributed by atoms with Gasteiger partial charge in [0.25, 0.3) is 5.56 Å². The van der Waals surface area contributed by atoms with Crippen molar-refractivity contribution >= 4 is 45.9 Å². The fourth-order valence-electron chi connectivity index (χ4n) is 2.44. The third-order valence-electron chi connectivity index (χ3n) is 3.79. The van der Waals surface area contributed by atoms with Gasteiger partial charge < -0.3 is 10.3 Å². The number of benzene rings is 2. The van der Waals surface area contributed by atoms with Crippen molar-refractivity contribution in [3.05, 3.63) is 63.4 Å². The quantitative estimate of drug-likeness (QED) is 0.467. The molecule has 1 aromatic heterocycles. The molecule has 2 N–H and O–H groups in total. The van der Waals surface area contributed by atoms with Crippen LogP contribution in [0.1, 0.15) is 12.5 Å². The number of anilines is 1. The van der Waals surface area contributed by atoms with Gasteiger partial charge in [-0.05, 0) is 37.3 Å². The number of thioether (sulfide) groups is 1. The molecule has 3 rings (SSSR count). The van der Waals surface area contributed by atoms with E-state index in [0.29, 0.717) is 15.9 Å². The summed E-state index contributed by atoms with van der Waals surface area (Å²) in [5.41, 5.74) is -1.30. The molecule has 28 heavy (non-hydrogen) atoms. The lowest BCUT2D eigenvalue weighted by atomic mass is 10.1. The van der Waals surface area contributed by atoms with Crippen molar-refractivity contribution in [2.75, 3.05) is 5.32 Å². The maximum Gasteiger partial charge on any atom is 0.418 e. The monoisotopic (exact) mass is 427 g/mol. The molecule has 1 unspecified atom stereocenters. The molecule has 5 nitrogen and oxygen atoms in total. The van der Waals surface area contributed by atoms with Crippen LogP contribution in [-0.4, -0.2) is 21.1 Å². The number of carbonyl (C=O) groups is 1. The van der Waals surface area contributed by atoms with E-state index in [2.05, 4.69) is 15.3 Å². The minimum absolute atomic E-state index is 0.173. The molecule has 0 spiro atoms. The summed E-state index contributed by atoms with van der Waals surface area (Å²) < 4.78 is 39.2. The molecular formula is C18H13ClF3N3O2S. The average molecular weight is 428 g/mol. The molecule has 1 atom stereocenters. The van der Waals surface area contributed by atoms with Crippen molar-refractivity contribution in [1.29, 1.82) is 0 Å². The fourth-order valence-corrected chi connectivity index (χ4v) is 3.42. The van der Waals surface area contributed by atoms with Gasteiger partial charge in [-0.1, -0.05) is 35.5 Å². The Morgan fingerprint density at radius 1 is 1.25 bits per heavy atom. The van der Waals surface area contributed by atoms with Gasteiger partial charge in [0.15, 0.2) is 5.16 Å². The molecule has 0 saturated heterocycles. The van der Waals surface area contributed by atoms with Crippen LogP contribution in [-0.2, 0) is 11.0 Å². The highest BCUT2D eigenvalue weighted by atomic mass is 35.5. The smallest absolute Gasteiger partial charge is 0.325 e. The molecule has 146 valence electrons. The molecule has 0 radical (unpaired) electrons. The number of fused-ring (bicyclic) bond motifs is 1. The molecule has 0 aliphatic heterocycles. The SMILES string of the molecule is CC(Sc1nc2ccc(Cl)cc2c(=O)[nH]1)C(=O)Nc1ccccc1C(F)(F)F. The van der Waals surface area contributed by atoms with Crippen molar-refractivity contribution in [3.8, 4) is 0 Å². The van der Waals surface area contributed by atoms with Crippen molar-refractivity contribution in [3.63, 3.8) is 0 Å². The number of halogens is 4. The lowest BCUT2D eigenvalue weighted by Crippen LogP contribution is -2.25. The first-order valence-electron chi connectivity index (χ1n) is 7.98. The van der Waals surface area contributed by atoms with Gasteiger partial charge in [-0.2, -0.15) is 13.2 Å². The molecular weight excluding hydrogens is 415 g/mol. The van der Waals surface area contributed by atoms with Crippen LogP contribution in [0.15, 0.2) is 52.4 Å². The summed E-state index contributed by atoms with van der Waals surface area (Å²) in [5.74, 6) is -0.652. The van der Waals surface area contributed by atoms with Crippen LogP contribution < -0.4 is 10.9 Å². The zero-order valence-electron chi connectivity index (χ0n) is 14.3. The zero-order valence-corrected chi connectivity index (χ0v) is 15.9. The van der Waals surface area contributed by atoms with E-state index in [9.17, 15) is 22.8 Å². The highest BCUT2D eigenvalue weighted by molar-refractivity contribution is 8.00. The van der Waals surface area contributed by atoms with E-state index in [1.54, 1.807) is 12.1 Å². The van der Waals surface area contributed by atoms with Crippen molar-refractivity contribution < 1.29 is 18.0 Å². The lowest BCUT2D eigenvalue weighted by molar-refractivity contribution is -0.137. The molecule has 1 amide bonds. The van der Waals surface area contributed by atoms with E-state index in [1.165, 1.54) is 31.2 Å². The van der Waals surface area contributed by atoms with Crippen LogP contribution in [0, 0.1) is 0 Å². The van der Waals surface area contributed by atoms with Gasteiger partial charge in [0, 0.05) is 5.02 Å². The summed E-state index contributed by atoms with van der Waals surface area (Å²) in [7, 11) is 0. The summed E-state index contributed by atoms with van der Waals surface area (Å²) in [5, 5.41) is 2.33. The van der Waals surface area contributed by atoms with E-state index in [-0.39, 0.29) is 10.8 Å². The van der Waals surface area contributed by atoms with E-state index >= 15 is 0 Å². The fraction of sp³-hybridized carbons (Fsp3) is 0.167. The van der Waals surface area contributed by atoms with E-state index in [1.807, 2.05) is 0 Å². The Morgan fingerprint density at radius 2 is 1.96 bits per heavy atom. The van der Waals surface area contributed by atoms with Crippen molar-refractivity contribution in [2.24, 2.45) is 0 Å². The van der Waals surface area contributed by atoms with E-state index in [4.69, 9.17) is 11.6 Å². The highest BCUT2D eigenvalue weighted by Crippen LogP contribution is 2.35. The number of rotatable bonds is 4. The number of para-hydroxylation sites is 1. The highest BCUT2D eigenvalue weighted by Gasteiger charge is 2.34. The number of H-pyrrole nitrogens is 1. The standard InChI is InChI=1S/C18H13ClF3N3O2S/c1-9(15(26)23-14-5-3-2-4-12(14)18(20,21)22)28-17-24-13-7-6-10(19)8-11(13)16(27)25-17/h2-9H,1H3,(H,23,26)(H,24,25,27). The number of nitrogens with one attached hydrogen (secondary N) is 2. The summed E-state index contributed by atoms with van der Waals surface area (Å²) in [6.07, 6.45) is -4.59. The molecule has 0 saturated carbocycles. The van der Waals surface area contributed by atoms with Crippen molar-refractivity contribution in [1.82, 2.24) is 9.97 Å². The Balaban J connectivity index is 1.80. The normalized spacial score (nSPS) is 12.8. The van der Waals surface area contributed by atoms with Gasteiger partial charge >= 0.3 is 6.18 Å². The average Bonchev–Trinajstić information content (AvgIpc) is 2.62. The summed E-state index contributed by atoms with van der Waals surface area (Å²) >= 11 is 6.78. The third kappa shape index (κ3) is 4.48. The van der Waals surface area contributed by atoms with Gasteiger partial charge in [0.1, 0.15) is 0 Å². The van der Waals surface area contributed by atoms with Crippen LogP contribution in [0.25, 0.3) is 10.9 Å². The second kappa shape index (κ2) is 7.84. The number of amides is 1. The van der Waals surface area contributed by atoms with Crippen LogP contribution >= 0.6 is 23.4 Å². The first kappa shape index (κ1) is 20.2. The van der Waals surface area contributed by atoms with Gasteiger partial charge in [0.2, 0.25) is 5.91 Å². The molecule has 2 aromatic carbocycles. The zero-order chi connectivity index (χ0) is 20.5. The third-order valence-corrected chi connectivity index (χ3v) is 5.01. The van der Waals surface area contributed by atoms with Gasteiger partial charge in [-0.25, -0.2) is 4.98 Å². The summed E-state index contributed by atoms with van der Waals surface area (Å²) in [4.78, 5) is 31.3. The molecule has 1 heterocycles. The molecule has 0 bridgehead atoms. The van der Waals surface area contributed by atoms with Gasteiger partial charge in [-0.15, -0.1) is 0 Å². The van der Waals surface area contributed by atoms with Crippen LogP contribution in [0.4, 0.5) is 18.9 Å². The first-order valence-corrected chi connectivity index (χ1v) is 9.24. The van der Waals surface area contributed by atoms with E-state index in [0.717, 1.165) is 17.8 Å². The second-order valence-corrected chi connectivity index (χ2v) is 7.59. The summed E-state index contributed by atoms with van der Waals surface area (Å²) in [6, 6.07) is 9.33. The topological polar surface area (TPSA) is 74.8 Å². The summed E-state index contributed by atoms with van der Waals surface area (Å²) in [6.45, 7) is 1.50. The molecule has 3 aromatic rings. The number of aromatic nitrogens is 2. The molecule has 0 aliphatic rings. The number of hydrogen-bond donors (Lipinski definition) is 2. The molecule has 0 aliphatic carbocycles. The van der Waals surface area contributed by atoms with Gasteiger partial charge in [0.05, 0.1) is 27.4 Å². The van der Waals surface area contributed by atoms with Crippen LogP contribution in [0.3, 0.4) is 0 Å². The maximum absolute atomic E-state index is 13.1. The number of hydrogen-bond acceptors (Lipinski definition) is 4. The first-order chi connectivity index (χ1) is 13.1. The Hall–Kier alpha value is -2.52. The Bertz CT molecular complexity index is 1100. The Morgan fingerprint density at radius 3 is 2.68 bits per heavy atom. The Labute approximate surface area is 166 Å². The van der Waals surface area contributed by atoms with Crippen molar-refractivity contribution in [2.45, 2.75) is 23.5 Å².